The van der Waals surface area contributed by atoms with Crippen LogP contribution in [0.4, 0.5) is 5.69 Å². The predicted molar refractivity (Wildman–Crippen MR) is 68.4 cm³/mol. The van der Waals surface area contributed by atoms with Gasteiger partial charge in [-0.1, -0.05) is 6.07 Å². The summed E-state index contributed by atoms with van der Waals surface area (Å²) < 4.78 is 5.64. The van der Waals surface area contributed by atoms with Crippen molar-refractivity contribution in [2.75, 3.05) is 5.73 Å². The molecular weight excluding hydrogens is 230 g/mol. The predicted octanol–water partition coefficient (Wildman–Crippen LogP) is 1.86. The summed E-state index contributed by atoms with van der Waals surface area (Å²) in [5, 5.41) is 0. The van der Waals surface area contributed by atoms with Gasteiger partial charge in [0, 0.05) is 6.20 Å². The van der Waals surface area contributed by atoms with E-state index in [1.165, 1.54) is 0 Å². The summed E-state index contributed by atoms with van der Waals surface area (Å²) in [4.78, 5) is 15.3. The van der Waals surface area contributed by atoms with Gasteiger partial charge in [0.1, 0.15) is 5.75 Å². The Hall–Kier alpha value is -2.56. The standard InChI is InChI=1S/C13H13N3O2/c1-8-10(6-3-7-16-8)18-11-5-2-4-9(12(11)14)13(15)17/h2-7H,14H2,1H3,(H2,15,17). The van der Waals surface area contributed by atoms with E-state index in [2.05, 4.69) is 4.98 Å². The molecule has 4 N–H and O–H groups in total. The van der Waals surface area contributed by atoms with Crippen molar-refractivity contribution < 1.29 is 9.53 Å². The number of hydrogen-bond donors (Lipinski definition) is 2. The number of aryl methyl sites for hydroxylation is 1. The lowest BCUT2D eigenvalue weighted by Gasteiger charge is -2.11. The molecule has 0 aliphatic carbocycles. The molecule has 0 saturated carbocycles. The molecule has 2 aromatic rings. The van der Waals surface area contributed by atoms with E-state index in [1.54, 1.807) is 36.5 Å². The van der Waals surface area contributed by atoms with Crippen molar-refractivity contribution in [1.82, 2.24) is 4.98 Å². The number of para-hydroxylation sites is 1. The van der Waals surface area contributed by atoms with Crippen LogP contribution in [0.2, 0.25) is 0 Å². The third-order valence-electron chi connectivity index (χ3n) is 2.51. The molecule has 0 fully saturated rings. The molecule has 1 amide bonds. The molecule has 0 aliphatic heterocycles. The van der Waals surface area contributed by atoms with Crippen LogP contribution in [0.15, 0.2) is 36.5 Å². The number of amides is 1. The number of benzene rings is 1. The minimum atomic E-state index is -0.583. The second kappa shape index (κ2) is 4.75. The Morgan fingerprint density at radius 3 is 2.61 bits per heavy atom. The van der Waals surface area contributed by atoms with E-state index in [4.69, 9.17) is 16.2 Å². The molecule has 1 aromatic heterocycles. The number of anilines is 1. The lowest BCUT2D eigenvalue weighted by Crippen LogP contribution is -2.13. The molecule has 0 atom stereocenters. The summed E-state index contributed by atoms with van der Waals surface area (Å²) in [5.74, 6) is 0.397. The third-order valence-corrected chi connectivity index (χ3v) is 2.51. The maximum absolute atomic E-state index is 11.2. The highest BCUT2D eigenvalue weighted by Crippen LogP contribution is 2.30. The minimum Gasteiger partial charge on any atom is -0.453 e. The highest BCUT2D eigenvalue weighted by atomic mass is 16.5. The van der Waals surface area contributed by atoms with Gasteiger partial charge in [0.25, 0.3) is 5.91 Å². The molecule has 18 heavy (non-hydrogen) atoms. The molecule has 0 radical (unpaired) electrons. The van der Waals surface area contributed by atoms with Crippen LogP contribution in [0.3, 0.4) is 0 Å². The van der Waals surface area contributed by atoms with Crippen molar-refractivity contribution in [3.8, 4) is 11.5 Å². The van der Waals surface area contributed by atoms with Gasteiger partial charge in [-0.15, -0.1) is 0 Å². The van der Waals surface area contributed by atoms with Crippen LogP contribution in [0, 0.1) is 6.92 Å². The number of carbonyl (C=O) groups excluding carboxylic acids is 1. The molecule has 0 saturated heterocycles. The van der Waals surface area contributed by atoms with Crippen LogP contribution in [-0.2, 0) is 0 Å². The molecule has 0 aliphatic rings. The average Bonchev–Trinajstić information content (AvgIpc) is 2.34. The fourth-order valence-electron chi connectivity index (χ4n) is 1.54. The molecule has 0 bridgehead atoms. The fraction of sp³-hybridized carbons (Fsp3) is 0.0769. The normalized spacial score (nSPS) is 10.1. The number of nitrogens with zero attached hydrogens (tertiary/aromatic N) is 1. The number of primary amides is 1. The molecule has 1 aromatic carbocycles. The van der Waals surface area contributed by atoms with Crippen molar-refractivity contribution in [1.29, 1.82) is 0 Å². The fourth-order valence-corrected chi connectivity index (χ4v) is 1.54. The maximum atomic E-state index is 11.2. The van der Waals surface area contributed by atoms with Crippen LogP contribution in [0.25, 0.3) is 0 Å². The number of nitrogen functional groups attached to an aromatic ring is 1. The molecule has 5 nitrogen and oxygen atoms in total. The monoisotopic (exact) mass is 243 g/mol. The summed E-state index contributed by atoms with van der Waals surface area (Å²) in [6.07, 6.45) is 1.67. The first-order valence-electron chi connectivity index (χ1n) is 5.37. The molecule has 5 heteroatoms. The zero-order chi connectivity index (χ0) is 13.1. The molecule has 92 valence electrons. The smallest absolute Gasteiger partial charge is 0.250 e. The highest BCUT2D eigenvalue weighted by Gasteiger charge is 2.11. The van der Waals surface area contributed by atoms with E-state index in [0.717, 1.165) is 5.69 Å². The number of nitrogens with two attached hydrogens (primary N) is 2. The summed E-state index contributed by atoms with van der Waals surface area (Å²) >= 11 is 0. The van der Waals surface area contributed by atoms with E-state index in [-0.39, 0.29) is 11.3 Å². The van der Waals surface area contributed by atoms with Gasteiger partial charge >= 0.3 is 0 Å². The van der Waals surface area contributed by atoms with Crippen LogP contribution < -0.4 is 16.2 Å². The number of aromatic nitrogens is 1. The lowest BCUT2D eigenvalue weighted by molar-refractivity contribution is 0.100. The third kappa shape index (κ3) is 2.24. The first kappa shape index (κ1) is 11.9. The number of hydrogen-bond acceptors (Lipinski definition) is 4. The van der Waals surface area contributed by atoms with Gasteiger partial charge in [-0.3, -0.25) is 9.78 Å². The van der Waals surface area contributed by atoms with Gasteiger partial charge in [0.05, 0.1) is 16.9 Å². The van der Waals surface area contributed by atoms with Gasteiger partial charge in [-0.25, -0.2) is 0 Å². The van der Waals surface area contributed by atoms with Crippen molar-refractivity contribution >= 4 is 11.6 Å². The Kier molecular flexibility index (Phi) is 3.14. The van der Waals surface area contributed by atoms with Crippen molar-refractivity contribution in [3.05, 3.63) is 47.8 Å². The summed E-state index contributed by atoms with van der Waals surface area (Å²) in [6.45, 7) is 1.82. The van der Waals surface area contributed by atoms with E-state index in [9.17, 15) is 4.79 Å². The lowest BCUT2D eigenvalue weighted by atomic mass is 10.1. The van der Waals surface area contributed by atoms with Gasteiger partial charge < -0.3 is 16.2 Å². The van der Waals surface area contributed by atoms with Gasteiger partial charge in [-0.05, 0) is 31.2 Å². The zero-order valence-corrected chi connectivity index (χ0v) is 9.88. The van der Waals surface area contributed by atoms with Crippen molar-refractivity contribution in [2.45, 2.75) is 6.92 Å². The topological polar surface area (TPSA) is 91.2 Å². The van der Waals surface area contributed by atoms with Crippen LogP contribution in [0.5, 0.6) is 11.5 Å². The zero-order valence-electron chi connectivity index (χ0n) is 9.88. The Morgan fingerprint density at radius 1 is 1.22 bits per heavy atom. The van der Waals surface area contributed by atoms with E-state index in [1.807, 2.05) is 6.92 Å². The molecule has 1 heterocycles. The second-order valence-electron chi connectivity index (χ2n) is 3.77. The number of ether oxygens (including phenoxy) is 1. The van der Waals surface area contributed by atoms with E-state index < -0.39 is 5.91 Å². The average molecular weight is 243 g/mol. The molecule has 2 rings (SSSR count). The first-order chi connectivity index (χ1) is 8.59. The second-order valence-corrected chi connectivity index (χ2v) is 3.77. The largest absolute Gasteiger partial charge is 0.453 e. The Morgan fingerprint density at radius 2 is 1.94 bits per heavy atom. The molecule has 0 spiro atoms. The van der Waals surface area contributed by atoms with Gasteiger partial charge in [-0.2, -0.15) is 0 Å². The van der Waals surface area contributed by atoms with Crippen molar-refractivity contribution in [2.24, 2.45) is 5.73 Å². The van der Waals surface area contributed by atoms with E-state index in [0.29, 0.717) is 11.5 Å². The maximum Gasteiger partial charge on any atom is 0.250 e. The Labute approximate surface area is 104 Å². The van der Waals surface area contributed by atoms with Gasteiger partial charge in [0.2, 0.25) is 0 Å². The van der Waals surface area contributed by atoms with Crippen molar-refractivity contribution in [3.63, 3.8) is 0 Å². The highest BCUT2D eigenvalue weighted by molar-refractivity contribution is 5.99. The number of carbonyl (C=O) groups is 1. The SMILES string of the molecule is Cc1ncccc1Oc1cccc(C(N)=O)c1N. The minimum absolute atomic E-state index is 0.230. The van der Waals surface area contributed by atoms with Crippen LogP contribution in [-0.4, -0.2) is 10.9 Å². The van der Waals surface area contributed by atoms with Crippen LogP contribution >= 0.6 is 0 Å². The quantitative estimate of drug-likeness (QED) is 0.805. The van der Waals surface area contributed by atoms with Crippen LogP contribution in [0.1, 0.15) is 16.1 Å². The summed E-state index contributed by atoms with van der Waals surface area (Å²) in [7, 11) is 0. The summed E-state index contributed by atoms with van der Waals surface area (Å²) in [6, 6.07) is 8.43. The molecular formula is C13H13N3O2. The first-order valence-corrected chi connectivity index (χ1v) is 5.37. The van der Waals surface area contributed by atoms with Gasteiger partial charge in [0.15, 0.2) is 5.75 Å². The Bertz CT molecular complexity index is 597. The summed E-state index contributed by atoms with van der Waals surface area (Å²) in [5.41, 5.74) is 12.3. The Balaban J connectivity index is 2.39. The van der Waals surface area contributed by atoms with E-state index >= 15 is 0 Å². The number of rotatable bonds is 3. The number of pyridine rings is 1. The molecule has 0 unspecified atom stereocenters.